The van der Waals surface area contributed by atoms with Crippen LogP contribution in [0.5, 0.6) is 0 Å². The fraction of sp³-hybridized carbons (Fsp3) is 0.562. The molecular weight excluding hydrogens is 293 g/mol. The maximum absolute atomic E-state index is 12.8. The van der Waals surface area contributed by atoms with Gasteiger partial charge in [0.2, 0.25) is 5.91 Å². The van der Waals surface area contributed by atoms with Crippen LogP contribution in [0.2, 0.25) is 0 Å². The highest BCUT2D eigenvalue weighted by atomic mass is 19.4. The largest absolute Gasteiger partial charge is 0.416 e. The highest BCUT2D eigenvalue weighted by Crippen LogP contribution is 2.49. The van der Waals surface area contributed by atoms with Crippen molar-refractivity contribution in [1.29, 1.82) is 0 Å². The van der Waals surface area contributed by atoms with Gasteiger partial charge in [0.15, 0.2) is 0 Å². The lowest BCUT2D eigenvalue weighted by Gasteiger charge is -2.23. The lowest BCUT2D eigenvalue weighted by Crippen LogP contribution is -2.40. The van der Waals surface area contributed by atoms with Crippen molar-refractivity contribution < 1.29 is 18.0 Å². The second-order valence-corrected chi connectivity index (χ2v) is 6.14. The average Bonchev–Trinajstić information content (AvgIpc) is 3.15. The van der Waals surface area contributed by atoms with Crippen LogP contribution in [0.3, 0.4) is 0 Å². The van der Waals surface area contributed by atoms with Gasteiger partial charge < -0.3 is 10.6 Å². The Morgan fingerprint density at radius 2 is 2.14 bits per heavy atom. The van der Waals surface area contributed by atoms with Crippen LogP contribution < -0.4 is 5.73 Å². The van der Waals surface area contributed by atoms with Gasteiger partial charge in [-0.3, -0.25) is 4.79 Å². The molecule has 0 aromatic heterocycles. The van der Waals surface area contributed by atoms with Crippen molar-refractivity contribution in [3.05, 3.63) is 35.4 Å². The van der Waals surface area contributed by atoms with E-state index in [0.29, 0.717) is 25.1 Å². The lowest BCUT2D eigenvalue weighted by molar-refractivity contribution is -0.137. The molecule has 3 rings (SSSR count). The van der Waals surface area contributed by atoms with Crippen molar-refractivity contribution in [3.8, 4) is 0 Å². The zero-order valence-corrected chi connectivity index (χ0v) is 12.1. The molecule has 2 fully saturated rings. The Balaban J connectivity index is 1.71. The molecule has 3 nitrogen and oxygen atoms in total. The molecule has 1 aromatic carbocycles. The van der Waals surface area contributed by atoms with Gasteiger partial charge in [-0.05, 0) is 36.8 Å². The quantitative estimate of drug-likeness (QED) is 0.933. The number of likely N-dealkylation sites (tertiary alicyclic amines) is 1. The Morgan fingerprint density at radius 1 is 1.36 bits per heavy atom. The van der Waals surface area contributed by atoms with E-state index in [0.717, 1.165) is 18.9 Å². The molecule has 6 heteroatoms. The van der Waals surface area contributed by atoms with Crippen molar-refractivity contribution >= 4 is 5.91 Å². The van der Waals surface area contributed by atoms with E-state index < -0.39 is 11.7 Å². The van der Waals surface area contributed by atoms with Gasteiger partial charge in [0.1, 0.15) is 0 Å². The minimum atomic E-state index is -4.34. The van der Waals surface area contributed by atoms with Crippen LogP contribution >= 0.6 is 0 Å². The monoisotopic (exact) mass is 312 g/mol. The third-order valence-electron chi connectivity index (χ3n) is 4.68. The molecule has 22 heavy (non-hydrogen) atoms. The molecule has 2 aliphatic rings. The molecule has 1 amide bonds. The summed E-state index contributed by atoms with van der Waals surface area (Å²) in [6.07, 6.45) is -1.84. The van der Waals surface area contributed by atoms with E-state index in [1.165, 1.54) is 12.1 Å². The van der Waals surface area contributed by atoms with Gasteiger partial charge in [0.05, 0.1) is 5.56 Å². The molecule has 1 saturated heterocycles. The molecule has 1 aliphatic carbocycles. The molecule has 2 N–H and O–H groups in total. The first-order valence-corrected chi connectivity index (χ1v) is 7.59. The smallest absolute Gasteiger partial charge is 0.338 e. The van der Waals surface area contributed by atoms with E-state index in [2.05, 4.69) is 0 Å². The molecule has 120 valence electrons. The summed E-state index contributed by atoms with van der Waals surface area (Å²) in [6.45, 7) is 1.17. The maximum atomic E-state index is 12.8. The van der Waals surface area contributed by atoms with Crippen LogP contribution in [-0.2, 0) is 11.0 Å². The molecule has 0 unspecified atom stereocenters. The molecule has 0 radical (unpaired) electrons. The molecular formula is C16H19F3N2O. The van der Waals surface area contributed by atoms with Gasteiger partial charge in [0, 0.05) is 25.0 Å². The highest BCUT2D eigenvalue weighted by molar-refractivity contribution is 5.83. The minimum absolute atomic E-state index is 0.0513. The number of carbonyl (C=O) groups is 1. The number of rotatable bonds is 3. The summed E-state index contributed by atoms with van der Waals surface area (Å²) in [4.78, 5) is 14.3. The number of hydrogen-bond acceptors (Lipinski definition) is 2. The summed E-state index contributed by atoms with van der Waals surface area (Å²) in [6, 6.07) is 5.42. The molecule has 3 atom stereocenters. The number of carbonyl (C=O) groups excluding carboxylic acids is 1. The maximum Gasteiger partial charge on any atom is 0.416 e. The van der Waals surface area contributed by atoms with Gasteiger partial charge >= 0.3 is 6.18 Å². The molecule has 0 bridgehead atoms. The predicted octanol–water partition coefficient (Wildman–Crippen LogP) is 2.76. The van der Waals surface area contributed by atoms with E-state index in [1.807, 2.05) is 4.90 Å². The van der Waals surface area contributed by atoms with Crippen LogP contribution in [0.4, 0.5) is 13.2 Å². The van der Waals surface area contributed by atoms with Gasteiger partial charge in [0.25, 0.3) is 0 Å². The zero-order chi connectivity index (χ0) is 15.9. The van der Waals surface area contributed by atoms with Crippen LogP contribution in [0, 0.1) is 5.92 Å². The molecule has 1 aliphatic heterocycles. The van der Waals surface area contributed by atoms with Crippen molar-refractivity contribution in [3.63, 3.8) is 0 Å². The molecule has 1 aromatic rings. The topological polar surface area (TPSA) is 46.3 Å². The molecule has 1 heterocycles. The van der Waals surface area contributed by atoms with E-state index in [9.17, 15) is 18.0 Å². The number of halogens is 3. The zero-order valence-electron chi connectivity index (χ0n) is 12.1. The Morgan fingerprint density at radius 3 is 2.82 bits per heavy atom. The van der Waals surface area contributed by atoms with E-state index >= 15 is 0 Å². The fourth-order valence-electron chi connectivity index (χ4n) is 3.37. The molecule has 0 spiro atoms. The van der Waals surface area contributed by atoms with Crippen LogP contribution in [0.15, 0.2) is 24.3 Å². The van der Waals surface area contributed by atoms with Gasteiger partial charge in [-0.25, -0.2) is 0 Å². The lowest BCUT2D eigenvalue weighted by atomic mass is 10.0. The van der Waals surface area contributed by atoms with Crippen molar-refractivity contribution in [2.75, 3.05) is 13.1 Å². The average molecular weight is 312 g/mol. The predicted molar refractivity (Wildman–Crippen MR) is 76.1 cm³/mol. The summed E-state index contributed by atoms with van der Waals surface area (Å²) < 4.78 is 38.3. The van der Waals surface area contributed by atoms with Gasteiger partial charge in [-0.2, -0.15) is 13.2 Å². The Bertz CT molecular complexity index is 573. The second kappa shape index (κ2) is 5.57. The van der Waals surface area contributed by atoms with Crippen LogP contribution in [0.1, 0.15) is 36.3 Å². The summed E-state index contributed by atoms with van der Waals surface area (Å²) in [5.41, 5.74) is 5.64. The number of alkyl halides is 3. The van der Waals surface area contributed by atoms with Crippen LogP contribution in [-0.4, -0.2) is 29.9 Å². The SMILES string of the molecule is NC[C@@H]1CCCN1C(=O)[C@H]1C[C@H]1c1cccc(C(F)(F)F)c1. The number of amides is 1. The first-order chi connectivity index (χ1) is 10.4. The first kappa shape index (κ1) is 15.3. The van der Waals surface area contributed by atoms with E-state index in [1.54, 1.807) is 6.07 Å². The van der Waals surface area contributed by atoms with Crippen molar-refractivity contribution in [2.24, 2.45) is 11.7 Å². The summed E-state index contributed by atoms with van der Waals surface area (Å²) in [5.74, 6) is -0.222. The Hall–Kier alpha value is -1.56. The molecule has 1 saturated carbocycles. The standard InChI is InChI=1S/C16H19F3N2O/c17-16(18,19)11-4-1-3-10(7-11)13-8-14(13)15(22)21-6-2-5-12(21)9-20/h1,3-4,7,12-14H,2,5-6,8-9,20H2/t12-,13-,14-/m0/s1. The van der Waals surface area contributed by atoms with E-state index in [4.69, 9.17) is 5.73 Å². The van der Waals surface area contributed by atoms with E-state index in [-0.39, 0.29) is 23.8 Å². The summed E-state index contributed by atoms with van der Waals surface area (Å²) >= 11 is 0. The number of hydrogen-bond donors (Lipinski definition) is 1. The number of nitrogens with two attached hydrogens (primary N) is 1. The second-order valence-electron chi connectivity index (χ2n) is 6.14. The van der Waals surface area contributed by atoms with Gasteiger partial charge in [-0.15, -0.1) is 0 Å². The number of nitrogens with zero attached hydrogens (tertiary/aromatic N) is 1. The third kappa shape index (κ3) is 2.84. The number of benzene rings is 1. The normalized spacial score (nSPS) is 28.0. The fourth-order valence-corrected chi connectivity index (χ4v) is 3.37. The Labute approximate surface area is 127 Å². The van der Waals surface area contributed by atoms with Gasteiger partial charge in [-0.1, -0.05) is 18.2 Å². The van der Waals surface area contributed by atoms with Crippen LogP contribution in [0.25, 0.3) is 0 Å². The van der Waals surface area contributed by atoms with Crippen molar-refractivity contribution in [1.82, 2.24) is 4.90 Å². The third-order valence-corrected chi connectivity index (χ3v) is 4.68. The summed E-state index contributed by atoms with van der Waals surface area (Å²) in [7, 11) is 0. The minimum Gasteiger partial charge on any atom is -0.338 e. The first-order valence-electron chi connectivity index (χ1n) is 7.59. The Kier molecular flexibility index (Phi) is 3.89. The highest BCUT2D eigenvalue weighted by Gasteiger charge is 2.47. The summed E-state index contributed by atoms with van der Waals surface area (Å²) in [5, 5.41) is 0. The van der Waals surface area contributed by atoms with Crippen molar-refractivity contribution in [2.45, 2.75) is 37.4 Å².